The van der Waals surface area contributed by atoms with E-state index in [1.54, 1.807) is 0 Å². The van der Waals surface area contributed by atoms with Gasteiger partial charge in [-0.15, -0.1) is 0 Å². The van der Waals surface area contributed by atoms with Gasteiger partial charge in [0.05, 0.1) is 6.54 Å². The fourth-order valence-corrected chi connectivity index (χ4v) is 4.70. The summed E-state index contributed by atoms with van der Waals surface area (Å²) < 4.78 is 0. The second-order valence-corrected chi connectivity index (χ2v) is 7.21. The van der Waals surface area contributed by atoms with Crippen LogP contribution in [0.25, 0.3) is 0 Å². The lowest BCUT2D eigenvalue weighted by atomic mass is 9.98. The maximum absolute atomic E-state index is 12.5. The fraction of sp³-hybridized carbons (Fsp3) is 0.857. The lowest BCUT2D eigenvalue weighted by molar-refractivity contribution is -0.157. The molecule has 0 aromatic rings. The van der Waals surface area contributed by atoms with Crippen LogP contribution in [0.3, 0.4) is 0 Å². The molecule has 2 unspecified atom stereocenters. The first-order chi connectivity index (χ1) is 9.25. The summed E-state index contributed by atoms with van der Waals surface area (Å²) in [7, 11) is 0. The van der Waals surface area contributed by atoms with Gasteiger partial charge in [-0.25, -0.2) is 0 Å². The van der Waals surface area contributed by atoms with Gasteiger partial charge in [-0.3, -0.25) is 9.59 Å². The predicted octanol–water partition coefficient (Wildman–Crippen LogP) is 1.50. The van der Waals surface area contributed by atoms with E-state index in [1.165, 1.54) is 25.0 Å². The Hall–Kier alpha value is -0.710. The SMILES string of the molecule is O=C1C2CCCCN2C(=O)CN1CC1CCCCS1. The summed E-state index contributed by atoms with van der Waals surface area (Å²) >= 11 is 1.97. The maximum Gasteiger partial charge on any atom is 0.245 e. The Bertz CT molecular complexity index is 368. The average molecular weight is 282 g/mol. The monoisotopic (exact) mass is 282 g/mol. The molecule has 3 saturated heterocycles. The molecule has 3 aliphatic rings. The minimum atomic E-state index is -0.149. The smallest absolute Gasteiger partial charge is 0.245 e. The van der Waals surface area contributed by atoms with E-state index in [2.05, 4.69) is 0 Å². The molecule has 3 rings (SSSR count). The molecule has 0 aliphatic carbocycles. The van der Waals surface area contributed by atoms with Crippen molar-refractivity contribution in [2.45, 2.75) is 49.8 Å². The summed E-state index contributed by atoms with van der Waals surface area (Å²) in [4.78, 5) is 28.3. The van der Waals surface area contributed by atoms with Gasteiger partial charge >= 0.3 is 0 Å². The third kappa shape index (κ3) is 2.76. The Kier molecular flexibility index (Phi) is 4.01. The van der Waals surface area contributed by atoms with Crippen LogP contribution in [0.4, 0.5) is 0 Å². The topological polar surface area (TPSA) is 40.6 Å². The van der Waals surface area contributed by atoms with Crippen LogP contribution < -0.4 is 0 Å². The third-order valence-corrected chi connectivity index (χ3v) is 5.82. The van der Waals surface area contributed by atoms with Crippen LogP contribution in [-0.4, -0.2) is 58.3 Å². The van der Waals surface area contributed by atoms with Crippen LogP contribution in [0.1, 0.15) is 38.5 Å². The summed E-state index contributed by atoms with van der Waals surface area (Å²) in [5, 5.41) is 0.542. The van der Waals surface area contributed by atoms with Gasteiger partial charge in [0.2, 0.25) is 11.8 Å². The molecular weight excluding hydrogens is 260 g/mol. The summed E-state index contributed by atoms with van der Waals surface area (Å²) in [6.07, 6.45) is 6.74. The van der Waals surface area contributed by atoms with Gasteiger partial charge in [0.1, 0.15) is 6.04 Å². The summed E-state index contributed by atoms with van der Waals surface area (Å²) in [5.41, 5.74) is 0. The average Bonchev–Trinajstić information content (AvgIpc) is 2.46. The van der Waals surface area contributed by atoms with Crippen molar-refractivity contribution < 1.29 is 9.59 Å². The number of carbonyl (C=O) groups excluding carboxylic acids is 2. The van der Waals surface area contributed by atoms with Crippen molar-refractivity contribution in [3.05, 3.63) is 0 Å². The number of hydrogen-bond donors (Lipinski definition) is 0. The number of hydrogen-bond acceptors (Lipinski definition) is 3. The first kappa shape index (κ1) is 13.3. The molecule has 0 bridgehead atoms. The van der Waals surface area contributed by atoms with Gasteiger partial charge in [0, 0.05) is 18.3 Å². The number of piperidine rings is 1. The van der Waals surface area contributed by atoms with E-state index in [9.17, 15) is 9.59 Å². The number of amides is 2. The number of carbonyl (C=O) groups is 2. The van der Waals surface area contributed by atoms with Crippen molar-refractivity contribution >= 4 is 23.6 Å². The maximum atomic E-state index is 12.5. The molecule has 3 aliphatic heterocycles. The normalized spacial score (nSPS) is 32.4. The minimum Gasteiger partial charge on any atom is -0.330 e. The number of piperazine rings is 1. The fourth-order valence-electron chi connectivity index (χ4n) is 3.38. The minimum absolute atomic E-state index is 0.149. The molecule has 2 atom stereocenters. The summed E-state index contributed by atoms with van der Waals surface area (Å²) in [6, 6.07) is -0.149. The van der Waals surface area contributed by atoms with Gasteiger partial charge in [-0.1, -0.05) is 6.42 Å². The van der Waals surface area contributed by atoms with Gasteiger partial charge in [0.15, 0.2) is 0 Å². The molecule has 0 N–H and O–H groups in total. The molecule has 3 heterocycles. The molecule has 4 nitrogen and oxygen atoms in total. The van der Waals surface area contributed by atoms with Gasteiger partial charge in [0.25, 0.3) is 0 Å². The van der Waals surface area contributed by atoms with Crippen LogP contribution in [0, 0.1) is 0 Å². The van der Waals surface area contributed by atoms with Crippen molar-refractivity contribution in [3.63, 3.8) is 0 Å². The van der Waals surface area contributed by atoms with Crippen molar-refractivity contribution in [1.82, 2.24) is 9.80 Å². The van der Waals surface area contributed by atoms with Crippen molar-refractivity contribution in [3.8, 4) is 0 Å². The molecule has 106 valence electrons. The van der Waals surface area contributed by atoms with Gasteiger partial charge in [-0.05, 0) is 37.9 Å². The largest absolute Gasteiger partial charge is 0.330 e. The molecule has 19 heavy (non-hydrogen) atoms. The summed E-state index contributed by atoms with van der Waals surface area (Å²) in [6.45, 7) is 1.87. The zero-order valence-electron chi connectivity index (χ0n) is 11.3. The quantitative estimate of drug-likeness (QED) is 0.770. The first-order valence-electron chi connectivity index (χ1n) is 7.45. The zero-order chi connectivity index (χ0) is 13.2. The lowest BCUT2D eigenvalue weighted by Crippen LogP contribution is -2.62. The number of rotatable bonds is 2. The number of fused-ring (bicyclic) bond motifs is 1. The predicted molar refractivity (Wildman–Crippen MR) is 76.0 cm³/mol. The van der Waals surface area contributed by atoms with Crippen molar-refractivity contribution in [2.24, 2.45) is 0 Å². The highest BCUT2D eigenvalue weighted by atomic mass is 32.2. The van der Waals surface area contributed by atoms with E-state index in [1.807, 2.05) is 21.6 Å². The molecule has 2 amide bonds. The van der Waals surface area contributed by atoms with Crippen LogP contribution in [-0.2, 0) is 9.59 Å². The van der Waals surface area contributed by atoms with E-state index < -0.39 is 0 Å². The van der Waals surface area contributed by atoms with E-state index >= 15 is 0 Å². The van der Waals surface area contributed by atoms with Crippen LogP contribution in [0.15, 0.2) is 0 Å². The molecule has 5 heteroatoms. The van der Waals surface area contributed by atoms with Crippen LogP contribution in [0.5, 0.6) is 0 Å². The molecule has 0 aromatic carbocycles. The Labute approximate surface area is 118 Å². The van der Waals surface area contributed by atoms with Crippen LogP contribution >= 0.6 is 11.8 Å². The van der Waals surface area contributed by atoms with E-state index in [4.69, 9.17) is 0 Å². The van der Waals surface area contributed by atoms with Gasteiger partial charge < -0.3 is 9.80 Å². The molecule has 0 aromatic heterocycles. The van der Waals surface area contributed by atoms with Crippen molar-refractivity contribution in [2.75, 3.05) is 25.4 Å². The zero-order valence-corrected chi connectivity index (χ0v) is 12.2. The van der Waals surface area contributed by atoms with E-state index in [0.717, 1.165) is 32.4 Å². The summed E-state index contributed by atoms with van der Waals surface area (Å²) in [5.74, 6) is 1.56. The molecular formula is C14H22N2O2S. The molecule has 3 fully saturated rings. The highest BCUT2D eigenvalue weighted by molar-refractivity contribution is 7.99. The molecule has 0 spiro atoms. The highest BCUT2D eigenvalue weighted by Gasteiger charge is 2.40. The third-order valence-electron chi connectivity index (χ3n) is 4.44. The Morgan fingerprint density at radius 1 is 1.11 bits per heavy atom. The van der Waals surface area contributed by atoms with Crippen molar-refractivity contribution in [1.29, 1.82) is 0 Å². The molecule has 0 radical (unpaired) electrons. The van der Waals surface area contributed by atoms with E-state index in [0.29, 0.717) is 11.8 Å². The second kappa shape index (κ2) is 5.73. The first-order valence-corrected chi connectivity index (χ1v) is 8.50. The number of thioether (sulfide) groups is 1. The highest BCUT2D eigenvalue weighted by Crippen LogP contribution is 2.28. The lowest BCUT2D eigenvalue weighted by Gasteiger charge is -2.43. The second-order valence-electron chi connectivity index (χ2n) is 5.81. The van der Waals surface area contributed by atoms with Gasteiger partial charge in [-0.2, -0.15) is 11.8 Å². The Morgan fingerprint density at radius 3 is 2.74 bits per heavy atom. The Balaban J connectivity index is 1.65. The molecule has 0 saturated carbocycles. The number of nitrogens with zero attached hydrogens (tertiary/aromatic N) is 2. The van der Waals surface area contributed by atoms with E-state index in [-0.39, 0.29) is 17.9 Å². The van der Waals surface area contributed by atoms with Crippen LogP contribution in [0.2, 0.25) is 0 Å². The Morgan fingerprint density at radius 2 is 1.95 bits per heavy atom. The standard InChI is InChI=1S/C14H22N2O2S/c17-13-10-15(9-11-5-2-4-8-19-11)14(18)12-6-1-3-7-16(12)13/h11-12H,1-10H2.